The molecule has 1 aromatic carbocycles. The van der Waals surface area contributed by atoms with E-state index < -0.39 is 0 Å². The van der Waals surface area contributed by atoms with Gasteiger partial charge in [0.05, 0.1) is 11.2 Å². The smallest absolute Gasteiger partial charge is 0.399 e. The number of benzene rings is 1. The van der Waals surface area contributed by atoms with Crippen LogP contribution in [-0.4, -0.2) is 18.3 Å². The lowest BCUT2D eigenvalue weighted by molar-refractivity contribution is 0.00578. The molecule has 2 bridgehead atoms. The second kappa shape index (κ2) is 13.6. The molecule has 0 radical (unpaired) electrons. The predicted molar refractivity (Wildman–Crippen MR) is 175 cm³/mol. The number of hydrogen-bond acceptors (Lipinski definition) is 4. The summed E-state index contributed by atoms with van der Waals surface area (Å²) in [6.07, 6.45) is 4.11. The Hall–Kier alpha value is 1.84. The molecule has 1 aromatic rings. The van der Waals surface area contributed by atoms with Crippen LogP contribution in [0.1, 0.15) is 75.5 Å². The Bertz CT molecular complexity index is 1280. The van der Waals surface area contributed by atoms with Crippen LogP contribution in [0.3, 0.4) is 0 Å². The van der Waals surface area contributed by atoms with Crippen molar-refractivity contribution >= 4 is 124 Å². The quantitative estimate of drug-likeness (QED) is 0.426. The summed E-state index contributed by atoms with van der Waals surface area (Å²) in [4.78, 5) is 0. The highest BCUT2D eigenvalue weighted by Gasteiger charge is 2.52. The van der Waals surface area contributed by atoms with E-state index in [1.54, 1.807) is 82.2 Å². The van der Waals surface area contributed by atoms with Crippen LogP contribution in [0, 0.1) is 6.92 Å². The minimum Gasteiger partial charge on any atom is -0.399 e. The van der Waals surface area contributed by atoms with Crippen LogP contribution in [0.2, 0.25) is 0 Å². The molecule has 15 heteroatoms. The van der Waals surface area contributed by atoms with Crippen molar-refractivity contribution in [3.63, 3.8) is 0 Å². The lowest BCUT2D eigenvalue weighted by atomic mass is 9.74. The Morgan fingerprint density at radius 2 is 1.27 bits per heavy atom. The van der Waals surface area contributed by atoms with Gasteiger partial charge in [-0.05, 0) is 87.9 Å². The highest BCUT2D eigenvalue weighted by Crippen LogP contribution is 2.53. The Kier molecular flexibility index (Phi) is 12.1. The molecule has 2 unspecified atom stereocenters. The van der Waals surface area contributed by atoms with Gasteiger partial charge >= 0.3 is 7.12 Å². The average molecular weight is 669 g/mol. The fourth-order valence-electron chi connectivity index (χ4n) is 4.48. The van der Waals surface area contributed by atoms with Gasteiger partial charge in [0.15, 0.2) is 0 Å². The molecule has 3 aliphatic rings. The van der Waals surface area contributed by atoms with Gasteiger partial charge in [-0.25, -0.2) is 0 Å². The monoisotopic (exact) mass is 668 g/mol. The molecule has 1 heterocycles. The SMILES string of the molecule is Cc1cc(B2OC(C)(C)C(C)(C)O2)cc2c1C1CCC2C1.S=S=S=S=S=S=S=S=S=S=S=S. The summed E-state index contributed by atoms with van der Waals surface area (Å²) in [6.45, 7) is 10.7. The molecule has 2 nitrogen and oxygen atoms in total. The molecule has 0 N–H and O–H groups in total. The van der Waals surface area contributed by atoms with Gasteiger partial charge in [0, 0.05) is 111 Å². The summed E-state index contributed by atoms with van der Waals surface area (Å²) < 4.78 is 12.4. The van der Waals surface area contributed by atoms with Gasteiger partial charge in [-0.3, -0.25) is 0 Å². The van der Waals surface area contributed by atoms with Gasteiger partial charge in [-0.15, -0.1) is 0 Å². The van der Waals surface area contributed by atoms with Crippen molar-refractivity contribution in [2.45, 2.75) is 76.9 Å². The van der Waals surface area contributed by atoms with Crippen molar-refractivity contribution in [1.29, 1.82) is 0 Å². The predicted octanol–water partition coefficient (Wildman–Crippen LogP) is 3.63. The summed E-state index contributed by atoms with van der Waals surface area (Å²) in [7, 11) is 16.1. The van der Waals surface area contributed by atoms with Crippen molar-refractivity contribution < 1.29 is 9.31 Å². The Morgan fingerprint density at radius 3 is 1.79 bits per heavy atom. The normalized spacial score (nSPS) is 22.8. The van der Waals surface area contributed by atoms with Crippen LogP contribution >= 0.6 is 0 Å². The number of rotatable bonds is 1. The van der Waals surface area contributed by atoms with Crippen LogP contribution in [0.5, 0.6) is 0 Å². The summed E-state index contributed by atoms with van der Waals surface area (Å²) in [5, 5.41) is 0. The van der Waals surface area contributed by atoms with E-state index in [0.717, 1.165) is 11.8 Å². The van der Waals surface area contributed by atoms with Crippen LogP contribution in [0.25, 0.3) is 0 Å². The van der Waals surface area contributed by atoms with Crippen LogP contribution < -0.4 is 5.46 Å². The third-order valence-corrected chi connectivity index (χ3v) is 26.5. The fraction of sp³-hybridized carbons (Fsp3) is 0.667. The van der Waals surface area contributed by atoms with Gasteiger partial charge < -0.3 is 9.31 Å². The van der Waals surface area contributed by atoms with E-state index in [2.05, 4.69) is 69.1 Å². The summed E-state index contributed by atoms with van der Waals surface area (Å²) in [6, 6.07) is 4.66. The maximum absolute atomic E-state index is 6.22. The maximum atomic E-state index is 6.22. The first kappa shape index (κ1) is 29.4. The lowest BCUT2D eigenvalue weighted by Gasteiger charge is -2.32. The minimum absolute atomic E-state index is 0.224. The summed E-state index contributed by atoms with van der Waals surface area (Å²) in [5.41, 5.74) is 5.33. The van der Waals surface area contributed by atoms with Crippen molar-refractivity contribution in [1.82, 2.24) is 0 Å². The third-order valence-electron chi connectivity index (χ3n) is 6.50. The van der Waals surface area contributed by atoms with Gasteiger partial charge in [0.1, 0.15) is 0 Å². The maximum Gasteiger partial charge on any atom is 0.494 e. The molecular weight excluding hydrogens is 644 g/mol. The minimum atomic E-state index is -0.260. The zero-order valence-electron chi connectivity index (χ0n) is 18.7. The Morgan fingerprint density at radius 1 is 0.788 bits per heavy atom. The first-order valence-corrected chi connectivity index (χ1v) is 24.8. The molecular formula is C18H25BO2S12. The molecule has 4 rings (SSSR count). The molecule has 1 aliphatic heterocycles. The first-order valence-electron chi connectivity index (χ1n) is 10.1. The van der Waals surface area contributed by atoms with Gasteiger partial charge in [-0.2, -0.15) is 0 Å². The second-order valence-corrected chi connectivity index (χ2v) is 26.5. The molecule has 33 heavy (non-hydrogen) atoms. The van der Waals surface area contributed by atoms with Crippen molar-refractivity contribution in [2.24, 2.45) is 0 Å². The van der Waals surface area contributed by atoms with E-state index in [-0.39, 0.29) is 18.3 Å². The molecule has 2 aliphatic carbocycles. The zero-order valence-corrected chi connectivity index (χ0v) is 28.5. The van der Waals surface area contributed by atoms with E-state index >= 15 is 0 Å². The lowest BCUT2D eigenvalue weighted by Crippen LogP contribution is -2.41. The highest BCUT2D eigenvalue weighted by molar-refractivity contribution is 8.75. The second-order valence-electron chi connectivity index (χ2n) is 8.82. The van der Waals surface area contributed by atoms with E-state index in [1.807, 2.05) is 0 Å². The van der Waals surface area contributed by atoms with Gasteiger partial charge in [0.25, 0.3) is 0 Å². The number of hydrogen-bond donors (Lipinski definition) is 0. The van der Waals surface area contributed by atoms with E-state index in [1.165, 1.54) is 48.0 Å². The molecule has 1 saturated heterocycles. The van der Waals surface area contributed by atoms with E-state index in [9.17, 15) is 0 Å². The molecule has 184 valence electrons. The standard InChI is InChI=1S/C18H25BO2.S12/c1-11-8-14(19-20-17(2,3)18(4,5)21-19)10-15-12-6-7-13(9-12)16(11)15;1-3-5-7-9-11-12-10-8-6-4-2/h8,10,12-13H,6-7,9H2,1-5H3;. The average Bonchev–Trinajstić information content (AvgIpc) is 3.43. The zero-order chi connectivity index (χ0) is 24.1. The number of aryl methyl sites for hydroxylation is 1. The molecule has 0 amide bonds. The third kappa shape index (κ3) is 7.68. The van der Waals surface area contributed by atoms with E-state index in [4.69, 9.17) is 9.31 Å². The first-order chi connectivity index (χ1) is 15.7. The molecule has 2 atom stereocenters. The molecule has 1 saturated carbocycles. The molecule has 2 fully saturated rings. The number of fused-ring (bicyclic) bond motifs is 5. The largest absolute Gasteiger partial charge is 0.494 e. The van der Waals surface area contributed by atoms with Crippen LogP contribution in [-0.2, 0) is 120 Å². The topological polar surface area (TPSA) is 18.5 Å². The molecule has 0 aromatic heterocycles. The van der Waals surface area contributed by atoms with Crippen molar-refractivity contribution in [3.8, 4) is 0 Å². The summed E-state index contributed by atoms with van der Waals surface area (Å²) >= 11 is 9.38. The summed E-state index contributed by atoms with van der Waals surface area (Å²) in [5.74, 6) is 1.60. The van der Waals surface area contributed by atoms with Gasteiger partial charge in [-0.1, -0.05) is 12.1 Å². The fourth-order valence-corrected chi connectivity index (χ4v) is 26.4. The van der Waals surface area contributed by atoms with Crippen LogP contribution in [0.4, 0.5) is 0 Å². The Balaban J connectivity index is 0.000000221. The van der Waals surface area contributed by atoms with Crippen molar-refractivity contribution in [2.75, 3.05) is 0 Å². The van der Waals surface area contributed by atoms with Crippen molar-refractivity contribution in [3.05, 3.63) is 28.8 Å². The highest BCUT2D eigenvalue weighted by atomic mass is 33.4. The Labute approximate surface area is 235 Å². The van der Waals surface area contributed by atoms with E-state index in [0.29, 0.717) is 0 Å². The molecule has 0 spiro atoms. The van der Waals surface area contributed by atoms with Gasteiger partial charge in [0.2, 0.25) is 0 Å². The van der Waals surface area contributed by atoms with Crippen LogP contribution in [0.15, 0.2) is 12.1 Å².